The molecule has 0 aliphatic carbocycles. The molecule has 0 amide bonds. The van der Waals surface area contributed by atoms with Crippen LogP contribution < -0.4 is 5.32 Å². The van der Waals surface area contributed by atoms with Gasteiger partial charge in [0.05, 0.1) is 12.7 Å². The molecule has 1 aromatic carbocycles. The molecule has 0 saturated heterocycles. The lowest BCUT2D eigenvalue weighted by Crippen LogP contribution is -1.99. The third-order valence-corrected chi connectivity index (χ3v) is 3.18. The number of benzene rings is 1. The molecular weight excluding hydrogens is 298 g/mol. The second kappa shape index (κ2) is 5.98. The van der Waals surface area contributed by atoms with Crippen molar-refractivity contribution in [3.8, 4) is 6.07 Å². The number of fused-ring (bicyclic) bond motifs is 1. The molecule has 0 atom stereocenters. The van der Waals surface area contributed by atoms with Crippen molar-refractivity contribution in [2.45, 2.75) is 0 Å². The molecule has 114 valence electrons. The molecule has 0 bridgehead atoms. The van der Waals surface area contributed by atoms with E-state index in [1.807, 2.05) is 12.1 Å². The van der Waals surface area contributed by atoms with Gasteiger partial charge in [-0.25, -0.2) is 4.79 Å². The minimum atomic E-state index is -0.402. The first-order valence-electron chi connectivity index (χ1n) is 6.53. The summed E-state index contributed by atoms with van der Waals surface area (Å²) in [5, 5.41) is 26.0. The van der Waals surface area contributed by atoms with Crippen LogP contribution >= 0.6 is 0 Å². The lowest BCUT2D eigenvalue weighted by Gasteiger charge is -2.02. The van der Waals surface area contributed by atoms with Crippen LogP contribution in [0.3, 0.4) is 0 Å². The molecule has 3 N–H and O–H groups in total. The number of carbonyl (C=O) groups excluding carboxylic acids is 1. The van der Waals surface area contributed by atoms with Crippen LogP contribution in [0.4, 0.5) is 5.69 Å². The van der Waals surface area contributed by atoms with Crippen LogP contribution in [-0.2, 0) is 4.74 Å². The van der Waals surface area contributed by atoms with E-state index in [1.54, 1.807) is 18.3 Å². The Kier molecular flexibility index (Phi) is 3.71. The molecule has 0 fully saturated rings. The van der Waals surface area contributed by atoms with Crippen molar-refractivity contribution >= 4 is 28.1 Å². The SMILES string of the molecule is COC(=O)c1c[nH]c2cc(NC=C(C#N)c3nn[nH]n3)ccc12. The predicted molar refractivity (Wildman–Crippen MR) is 81.0 cm³/mol. The minimum Gasteiger partial charge on any atom is -0.465 e. The zero-order valence-electron chi connectivity index (χ0n) is 12.0. The fraction of sp³-hybridized carbons (Fsp3) is 0.0714. The number of ether oxygens (including phenoxy) is 1. The van der Waals surface area contributed by atoms with Gasteiger partial charge in [0.1, 0.15) is 11.6 Å². The molecule has 0 unspecified atom stereocenters. The van der Waals surface area contributed by atoms with Gasteiger partial charge in [-0.05, 0) is 23.4 Å². The van der Waals surface area contributed by atoms with Crippen LogP contribution in [0.15, 0.2) is 30.6 Å². The summed E-state index contributed by atoms with van der Waals surface area (Å²) in [5.74, 6) is -0.199. The van der Waals surface area contributed by atoms with Gasteiger partial charge in [-0.3, -0.25) is 0 Å². The second-order valence-electron chi connectivity index (χ2n) is 4.50. The molecule has 0 aliphatic heterocycles. The van der Waals surface area contributed by atoms with Gasteiger partial charge in [0.15, 0.2) is 0 Å². The van der Waals surface area contributed by atoms with Gasteiger partial charge in [-0.15, -0.1) is 10.2 Å². The quantitative estimate of drug-likeness (QED) is 0.490. The third kappa shape index (κ3) is 2.73. The van der Waals surface area contributed by atoms with Crippen LogP contribution in [-0.4, -0.2) is 38.7 Å². The average Bonchev–Trinajstić information content (AvgIpc) is 3.24. The summed E-state index contributed by atoms with van der Waals surface area (Å²) in [6, 6.07) is 7.36. The number of esters is 1. The highest BCUT2D eigenvalue weighted by molar-refractivity contribution is 6.04. The number of nitrogens with one attached hydrogen (secondary N) is 3. The number of hydrogen-bond donors (Lipinski definition) is 3. The van der Waals surface area contributed by atoms with Crippen LogP contribution in [0, 0.1) is 11.3 Å². The minimum absolute atomic E-state index is 0.203. The first kappa shape index (κ1) is 14.3. The molecule has 9 heteroatoms. The van der Waals surface area contributed by atoms with Crippen LogP contribution in [0.2, 0.25) is 0 Å². The Labute approximate surface area is 130 Å². The Hall–Kier alpha value is -3.67. The van der Waals surface area contributed by atoms with Crippen molar-refractivity contribution in [3.05, 3.63) is 42.0 Å². The van der Waals surface area contributed by atoms with Gasteiger partial charge in [0, 0.05) is 29.0 Å². The molecule has 0 radical (unpaired) electrons. The standard InChI is InChI=1S/C14H11N7O2/c1-23-14(22)11-7-17-12-4-9(2-3-10(11)12)16-6-8(5-15)13-18-20-21-19-13/h2-4,6-7,16-17H,1H3,(H,18,19,20,21). The third-order valence-electron chi connectivity index (χ3n) is 3.18. The van der Waals surface area contributed by atoms with E-state index in [9.17, 15) is 4.79 Å². The summed E-state index contributed by atoms with van der Waals surface area (Å²) in [5.41, 5.74) is 2.20. The molecule has 9 nitrogen and oxygen atoms in total. The molecule has 2 heterocycles. The molecule has 0 aliphatic rings. The second-order valence-corrected chi connectivity index (χ2v) is 4.50. The number of tetrazole rings is 1. The van der Waals surface area contributed by atoms with Gasteiger partial charge in [0.2, 0.25) is 5.82 Å². The van der Waals surface area contributed by atoms with E-state index >= 15 is 0 Å². The molecule has 23 heavy (non-hydrogen) atoms. The number of aromatic amines is 2. The van der Waals surface area contributed by atoms with Gasteiger partial charge in [0.25, 0.3) is 0 Å². The van der Waals surface area contributed by atoms with Crippen molar-refractivity contribution in [2.24, 2.45) is 0 Å². The van der Waals surface area contributed by atoms with E-state index in [2.05, 4.69) is 30.9 Å². The van der Waals surface area contributed by atoms with E-state index < -0.39 is 5.97 Å². The fourth-order valence-corrected chi connectivity index (χ4v) is 2.07. The maximum absolute atomic E-state index is 11.6. The van der Waals surface area contributed by atoms with E-state index in [0.29, 0.717) is 5.56 Å². The van der Waals surface area contributed by atoms with E-state index in [1.165, 1.54) is 13.3 Å². The Balaban J connectivity index is 1.87. The molecule has 2 aromatic heterocycles. The molecule has 0 saturated carbocycles. The zero-order valence-corrected chi connectivity index (χ0v) is 12.0. The fourth-order valence-electron chi connectivity index (χ4n) is 2.07. The molecular formula is C14H11N7O2. The first-order valence-corrected chi connectivity index (χ1v) is 6.53. The van der Waals surface area contributed by atoms with Crippen LogP contribution in [0.5, 0.6) is 0 Å². The van der Waals surface area contributed by atoms with Crippen LogP contribution in [0.25, 0.3) is 16.5 Å². The topological polar surface area (TPSA) is 132 Å². The number of nitriles is 1. The smallest absolute Gasteiger partial charge is 0.340 e. The lowest BCUT2D eigenvalue weighted by atomic mass is 10.1. The summed E-state index contributed by atoms with van der Waals surface area (Å²) >= 11 is 0. The van der Waals surface area contributed by atoms with Crippen molar-refractivity contribution < 1.29 is 9.53 Å². The van der Waals surface area contributed by atoms with Gasteiger partial charge < -0.3 is 15.0 Å². The number of aromatic nitrogens is 5. The number of H-pyrrole nitrogens is 2. The number of carbonyl (C=O) groups is 1. The van der Waals surface area contributed by atoms with E-state index in [-0.39, 0.29) is 11.4 Å². The summed E-state index contributed by atoms with van der Waals surface area (Å²) in [6.07, 6.45) is 3.08. The van der Waals surface area contributed by atoms with E-state index in [0.717, 1.165) is 16.6 Å². The van der Waals surface area contributed by atoms with Gasteiger partial charge in [-0.2, -0.15) is 10.5 Å². The average molecular weight is 309 g/mol. The van der Waals surface area contributed by atoms with Crippen molar-refractivity contribution in [1.82, 2.24) is 25.6 Å². The number of anilines is 1. The number of rotatable bonds is 4. The Morgan fingerprint density at radius 3 is 3.04 bits per heavy atom. The monoisotopic (exact) mass is 309 g/mol. The number of hydrogen-bond acceptors (Lipinski definition) is 7. The van der Waals surface area contributed by atoms with Gasteiger partial charge >= 0.3 is 5.97 Å². The maximum atomic E-state index is 11.6. The Morgan fingerprint density at radius 1 is 1.48 bits per heavy atom. The summed E-state index contributed by atoms with van der Waals surface area (Å²) < 4.78 is 4.72. The van der Waals surface area contributed by atoms with Crippen LogP contribution in [0.1, 0.15) is 16.2 Å². The molecule has 0 spiro atoms. The highest BCUT2D eigenvalue weighted by Gasteiger charge is 2.12. The van der Waals surface area contributed by atoms with Crippen molar-refractivity contribution in [1.29, 1.82) is 5.26 Å². The van der Waals surface area contributed by atoms with Crippen molar-refractivity contribution in [3.63, 3.8) is 0 Å². The number of allylic oxidation sites excluding steroid dienone is 1. The Bertz CT molecular complexity index is 918. The largest absolute Gasteiger partial charge is 0.465 e. The highest BCUT2D eigenvalue weighted by Crippen LogP contribution is 2.23. The summed E-state index contributed by atoms with van der Waals surface area (Å²) in [4.78, 5) is 14.6. The summed E-state index contributed by atoms with van der Waals surface area (Å²) in [6.45, 7) is 0. The van der Waals surface area contributed by atoms with E-state index in [4.69, 9.17) is 10.00 Å². The van der Waals surface area contributed by atoms with Crippen molar-refractivity contribution in [2.75, 3.05) is 12.4 Å². The number of nitrogens with zero attached hydrogens (tertiary/aromatic N) is 4. The molecule has 3 rings (SSSR count). The molecule has 3 aromatic rings. The first-order chi connectivity index (χ1) is 11.2. The number of methoxy groups -OCH3 is 1. The zero-order chi connectivity index (χ0) is 16.2. The normalized spacial score (nSPS) is 11.2. The maximum Gasteiger partial charge on any atom is 0.340 e. The highest BCUT2D eigenvalue weighted by atomic mass is 16.5. The predicted octanol–water partition coefficient (Wildman–Crippen LogP) is 1.44. The Morgan fingerprint density at radius 2 is 2.35 bits per heavy atom. The summed E-state index contributed by atoms with van der Waals surface area (Å²) in [7, 11) is 1.34. The van der Waals surface area contributed by atoms with Gasteiger partial charge in [-0.1, -0.05) is 0 Å². The lowest BCUT2D eigenvalue weighted by molar-refractivity contribution is 0.0603.